The Bertz CT molecular complexity index is 1430. The van der Waals surface area contributed by atoms with Crippen molar-refractivity contribution >= 4 is 50.5 Å². The molecule has 0 aromatic heterocycles. The summed E-state index contributed by atoms with van der Waals surface area (Å²) in [7, 11) is -3.53. The van der Waals surface area contributed by atoms with Gasteiger partial charge in [0.1, 0.15) is 11.9 Å². The van der Waals surface area contributed by atoms with E-state index < -0.39 is 33.5 Å². The molecule has 4 rings (SSSR count). The second kappa shape index (κ2) is 9.97. The number of hydrogen-bond donors (Lipinski definition) is 1. The minimum Gasteiger partial charge on any atom is -0.340 e. The number of rotatable bonds is 5. The van der Waals surface area contributed by atoms with Crippen molar-refractivity contribution in [2.24, 2.45) is 0 Å². The Kier molecular flexibility index (Phi) is 7.17. The molecule has 1 atom stereocenters. The molecule has 182 valence electrons. The third kappa shape index (κ3) is 5.34. The minimum atomic E-state index is -3.53. The van der Waals surface area contributed by atoms with Crippen LogP contribution in [0.4, 0.5) is 10.1 Å². The highest BCUT2D eigenvalue weighted by atomic mass is 35.5. The number of nitrogens with zero attached hydrogens (tertiary/aromatic N) is 1. The van der Waals surface area contributed by atoms with Crippen molar-refractivity contribution in [3.05, 3.63) is 82.1 Å². The van der Waals surface area contributed by atoms with Gasteiger partial charge in [-0.2, -0.15) is 0 Å². The van der Waals surface area contributed by atoms with E-state index in [2.05, 4.69) is 5.32 Å². The van der Waals surface area contributed by atoms with Crippen molar-refractivity contribution in [2.75, 3.05) is 17.7 Å². The Morgan fingerprint density at radius 1 is 1.09 bits per heavy atom. The van der Waals surface area contributed by atoms with Crippen LogP contribution >= 0.6 is 23.2 Å². The molecule has 10 heteroatoms. The maximum Gasteiger partial charge on any atom is 0.253 e. The van der Waals surface area contributed by atoms with Gasteiger partial charge in [0.2, 0.25) is 5.91 Å². The van der Waals surface area contributed by atoms with Crippen molar-refractivity contribution < 1.29 is 22.4 Å². The lowest BCUT2D eigenvalue weighted by Gasteiger charge is -2.33. The maximum atomic E-state index is 15.2. The Morgan fingerprint density at radius 2 is 1.83 bits per heavy atom. The topological polar surface area (TPSA) is 83.6 Å². The first-order valence-electron chi connectivity index (χ1n) is 10.7. The molecule has 1 saturated heterocycles. The van der Waals surface area contributed by atoms with Crippen LogP contribution in [0.2, 0.25) is 10.0 Å². The van der Waals surface area contributed by atoms with Crippen LogP contribution < -0.4 is 10.2 Å². The molecule has 1 N–H and O–H groups in total. The summed E-state index contributed by atoms with van der Waals surface area (Å²) in [6.45, 7) is 0.281. The summed E-state index contributed by atoms with van der Waals surface area (Å²) < 4.78 is 39.5. The van der Waals surface area contributed by atoms with E-state index in [1.807, 2.05) is 0 Å². The fourth-order valence-electron chi connectivity index (χ4n) is 4.08. The number of carbonyl (C=O) groups excluding carboxylic acids is 2. The Morgan fingerprint density at radius 3 is 2.51 bits per heavy atom. The van der Waals surface area contributed by atoms with E-state index >= 15 is 4.39 Å². The molecule has 0 bridgehead atoms. The number of benzene rings is 3. The molecule has 35 heavy (non-hydrogen) atoms. The van der Waals surface area contributed by atoms with E-state index in [1.54, 1.807) is 24.3 Å². The summed E-state index contributed by atoms with van der Waals surface area (Å²) in [5.41, 5.74) is 0.981. The number of hydrogen-bond acceptors (Lipinski definition) is 4. The molecule has 0 saturated carbocycles. The highest BCUT2D eigenvalue weighted by molar-refractivity contribution is 7.90. The van der Waals surface area contributed by atoms with Gasteiger partial charge < -0.3 is 10.2 Å². The molecule has 3 aromatic rings. The zero-order valence-corrected chi connectivity index (χ0v) is 20.9. The highest BCUT2D eigenvalue weighted by Gasteiger charge is 2.32. The van der Waals surface area contributed by atoms with Crippen LogP contribution in [0.15, 0.2) is 65.6 Å². The SMILES string of the molecule is CS(=O)(=O)c1ccccc1-c1ccc(N2CCCC(NC(=O)c3ccc(Cl)cc3Cl)C2=O)c(F)c1. The normalized spacial score (nSPS) is 16.3. The van der Waals surface area contributed by atoms with Crippen molar-refractivity contribution in [3.8, 4) is 11.1 Å². The fourth-order valence-corrected chi connectivity index (χ4v) is 5.49. The van der Waals surface area contributed by atoms with Gasteiger partial charge in [-0.3, -0.25) is 9.59 Å². The fraction of sp³-hybridized carbons (Fsp3) is 0.200. The molecule has 1 heterocycles. The Labute approximate surface area is 212 Å². The molecule has 0 spiro atoms. The monoisotopic (exact) mass is 534 g/mol. The third-order valence-electron chi connectivity index (χ3n) is 5.76. The summed E-state index contributed by atoms with van der Waals surface area (Å²) in [5.74, 6) is -1.65. The van der Waals surface area contributed by atoms with E-state index in [0.29, 0.717) is 29.0 Å². The van der Waals surface area contributed by atoms with Crippen LogP contribution in [0.3, 0.4) is 0 Å². The molecule has 1 unspecified atom stereocenters. The lowest BCUT2D eigenvalue weighted by atomic mass is 10.0. The largest absolute Gasteiger partial charge is 0.340 e. The Balaban J connectivity index is 1.58. The van der Waals surface area contributed by atoms with Crippen molar-refractivity contribution in [1.29, 1.82) is 0 Å². The van der Waals surface area contributed by atoms with Gasteiger partial charge >= 0.3 is 0 Å². The number of anilines is 1. The predicted octanol–water partition coefficient (Wildman–Crippen LogP) is 5.13. The van der Waals surface area contributed by atoms with Gasteiger partial charge in [0.05, 0.1) is 21.2 Å². The molecule has 1 aliphatic rings. The van der Waals surface area contributed by atoms with E-state index in [0.717, 1.165) is 6.26 Å². The van der Waals surface area contributed by atoms with Crippen molar-refractivity contribution in [3.63, 3.8) is 0 Å². The standard InChI is InChI=1S/C25H21Cl2FN2O4S/c1-35(33,34)23-7-3-2-5-17(23)15-8-11-22(20(28)13-15)30-12-4-6-21(25(30)32)29-24(31)18-10-9-16(26)14-19(18)27/h2-3,5,7-11,13-14,21H,4,6,12H2,1H3,(H,29,31). The molecule has 0 radical (unpaired) electrons. The molecule has 1 fully saturated rings. The number of nitrogens with one attached hydrogen (secondary N) is 1. The lowest BCUT2D eigenvalue weighted by molar-refractivity contribution is -0.121. The van der Waals surface area contributed by atoms with Gasteiger partial charge in [0.25, 0.3) is 5.91 Å². The number of carbonyl (C=O) groups is 2. The van der Waals surface area contributed by atoms with Crippen LogP contribution in [0.25, 0.3) is 11.1 Å². The second-order valence-corrected chi connectivity index (χ2v) is 11.0. The molecule has 0 aliphatic carbocycles. The van der Waals surface area contributed by atoms with Crippen LogP contribution in [-0.4, -0.2) is 39.1 Å². The maximum absolute atomic E-state index is 15.2. The van der Waals surface area contributed by atoms with Gasteiger partial charge in [-0.05, 0) is 54.8 Å². The first-order chi connectivity index (χ1) is 16.6. The van der Waals surface area contributed by atoms with Gasteiger partial charge in [-0.25, -0.2) is 12.8 Å². The zero-order chi connectivity index (χ0) is 25.3. The zero-order valence-electron chi connectivity index (χ0n) is 18.6. The smallest absolute Gasteiger partial charge is 0.253 e. The van der Waals surface area contributed by atoms with Crippen LogP contribution in [-0.2, 0) is 14.6 Å². The average Bonchev–Trinajstić information content (AvgIpc) is 2.80. The summed E-state index contributed by atoms with van der Waals surface area (Å²) >= 11 is 12.0. The minimum absolute atomic E-state index is 0.0547. The van der Waals surface area contributed by atoms with Crippen LogP contribution in [0.1, 0.15) is 23.2 Å². The highest BCUT2D eigenvalue weighted by Crippen LogP contribution is 2.32. The van der Waals surface area contributed by atoms with Gasteiger partial charge in [-0.1, -0.05) is 47.5 Å². The predicted molar refractivity (Wildman–Crippen MR) is 134 cm³/mol. The molecular formula is C25H21Cl2FN2O4S. The van der Waals surface area contributed by atoms with Crippen molar-refractivity contribution in [2.45, 2.75) is 23.8 Å². The van der Waals surface area contributed by atoms with Gasteiger partial charge in [-0.15, -0.1) is 0 Å². The lowest BCUT2D eigenvalue weighted by Crippen LogP contribution is -2.52. The summed E-state index contributed by atoms with van der Waals surface area (Å²) in [6.07, 6.45) is 2.03. The first kappa shape index (κ1) is 25.2. The molecule has 3 aromatic carbocycles. The van der Waals surface area contributed by atoms with Crippen LogP contribution in [0, 0.1) is 5.82 Å². The molecule has 2 amide bonds. The number of piperidine rings is 1. The van der Waals surface area contributed by atoms with E-state index in [-0.39, 0.29) is 27.7 Å². The Hall–Kier alpha value is -2.94. The van der Waals surface area contributed by atoms with Gasteiger partial charge in [0, 0.05) is 23.4 Å². The molecule has 6 nitrogen and oxygen atoms in total. The summed E-state index contributed by atoms with van der Waals surface area (Å²) in [6, 6.07) is 14.1. The summed E-state index contributed by atoms with van der Waals surface area (Å²) in [4.78, 5) is 27.2. The summed E-state index contributed by atoms with van der Waals surface area (Å²) in [5, 5.41) is 3.22. The molecular weight excluding hydrogens is 514 g/mol. The van der Waals surface area contributed by atoms with Gasteiger partial charge in [0.15, 0.2) is 9.84 Å². The van der Waals surface area contributed by atoms with E-state index in [4.69, 9.17) is 23.2 Å². The number of halogens is 3. The van der Waals surface area contributed by atoms with E-state index in [1.165, 1.54) is 41.3 Å². The average molecular weight is 535 g/mol. The second-order valence-electron chi connectivity index (χ2n) is 8.22. The third-order valence-corrected chi connectivity index (χ3v) is 7.46. The first-order valence-corrected chi connectivity index (χ1v) is 13.4. The van der Waals surface area contributed by atoms with E-state index in [9.17, 15) is 18.0 Å². The number of sulfone groups is 1. The molecule has 1 aliphatic heterocycles. The quantitative estimate of drug-likeness (QED) is 0.491. The van der Waals surface area contributed by atoms with Crippen molar-refractivity contribution in [1.82, 2.24) is 5.32 Å². The number of amides is 2. The van der Waals surface area contributed by atoms with Crippen LogP contribution in [0.5, 0.6) is 0 Å².